The van der Waals surface area contributed by atoms with Gasteiger partial charge < -0.3 is 10.1 Å². The number of benzene rings is 1. The summed E-state index contributed by atoms with van der Waals surface area (Å²) in [4.78, 5) is 0. The second-order valence-electron chi connectivity index (χ2n) is 4.45. The third-order valence-corrected chi connectivity index (χ3v) is 3.68. The number of ether oxygens (including phenoxy) is 1. The largest absolute Gasteiger partial charge is 0.494 e. The Labute approximate surface area is 119 Å². The van der Waals surface area contributed by atoms with E-state index in [1.807, 2.05) is 13.0 Å². The molecule has 0 aliphatic heterocycles. The van der Waals surface area contributed by atoms with Gasteiger partial charge in [0.15, 0.2) is 0 Å². The molecule has 1 unspecified atom stereocenters. The van der Waals surface area contributed by atoms with Crippen molar-refractivity contribution in [1.82, 2.24) is 5.32 Å². The maximum Gasteiger partial charge on any atom is 0.119 e. The van der Waals surface area contributed by atoms with Gasteiger partial charge in [0, 0.05) is 0 Å². The number of rotatable bonds is 7. The van der Waals surface area contributed by atoms with E-state index in [9.17, 15) is 0 Å². The zero-order chi connectivity index (χ0) is 13.5. The smallest absolute Gasteiger partial charge is 0.119 e. The van der Waals surface area contributed by atoms with Crippen LogP contribution in [-0.4, -0.2) is 13.2 Å². The minimum atomic E-state index is 0.256. The molecule has 1 aromatic heterocycles. The first-order valence-electron chi connectivity index (χ1n) is 6.83. The Morgan fingerprint density at radius 1 is 1.21 bits per heavy atom. The fourth-order valence-electron chi connectivity index (χ4n) is 2.11. The Bertz CT molecular complexity index is 481. The molecule has 3 heteroatoms. The first-order chi connectivity index (χ1) is 9.35. The zero-order valence-electron chi connectivity index (χ0n) is 11.6. The van der Waals surface area contributed by atoms with Crippen LogP contribution < -0.4 is 10.1 Å². The van der Waals surface area contributed by atoms with E-state index < -0.39 is 0 Å². The predicted molar refractivity (Wildman–Crippen MR) is 82.1 cm³/mol. The highest BCUT2D eigenvalue weighted by Crippen LogP contribution is 2.26. The normalized spacial score (nSPS) is 12.3. The molecular formula is C16H21NOS. The molecule has 0 aliphatic carbocycles. The molecule has 1 aromatic carbocycles. The summed E-state index contributed by atoms with van der Waals surface area (Å²) in [6.07, 6.45) is 1.13. The zero-order valence-corrected chi connectivity index (χ0v) is 12.4. The Morgan fingerprint density at radius 2 is 2.11 bits per heavy atom. The van der Waals surface area contributed by atoms with Crippen molar-refractivity contribution < 1.29 is 4.74 Å². The summed E-state index contributed by atoms with van der Waals surface area (Å²) in [5.41, 5.74) is 2.59. The molecule has 0 spiro atoms. The third-order valence-electron chi connectivity index (χ3n) is 2.98. The van der Waals surface area contributed by atoms with E-state index in [0.717, 1.165) is 18.7 Å². The fraction of sp³-hybridized carbons (Fsp3) is 0.375. The minimum absolute atomic E-state index is 0.256. The Kier molecular flexibility index (Phi) is 5.43. The van der Waals surface area contributed by atoms with Crippen molar-refractivity contribution in [2.45, 2.75) is 26.3 Å². The van der Waals surface area contributed by atoms with Crippen LogP contribution in [-0.2, 0) is 0 Å². The second kappa shape index (κ2) is 7.31. The lowest BCUT2D eigenvalue weighted by Gasteiger charge is -2.19. The average Bonchev–Trinajstić information content (AvgIpc) is 2.94. The molecule has 0 aliphatic rings. The Balaban J connectivity index is 2.24. The summed E-state index contributed by atoms with van der Waals surface area (Å²) >= 11 is 1.74. The Morgan fingerprint density at radius 3 is 2.79 bits per heavy atom. The van der Waals surface area contributed by atoms with Crippen LogP contribution in [0.5, 0.6) is 5.75 Å². The molecule has 1 N–H and O–H groups in total. The van der Waals surface area contributed by atoms with Gasteiger partial charge in [0.05, 0.1) is 12.6 Å². The van der Waals surface area contributed by atoms with Crippen LogP contribution in [0.15, 0.2) is 41.1 Å². The topological polar surface area (TPSA) is 21.3 Å². The van der Waals surface area contributed by atoms with Gasteiger partial charge in [0.2, 0.25) is 0 Å². The lowest BCUT2D eigenvalue weighted by molar-refractivity contribution is 0.339. The first-order valence-corrected chi connectivity index (χ1v) is 7.77. The van der Waals surface area contributed by atoms with Gasteiger partial charge in [-0.05, 0) is 60.0 Å². The van der Waals surface area contributed by atoms with Crippen molar-refractivity contribution in [2.75, 3.05) is 13.2 Å². The highest BCUT2D eigenvalue weighted by atomic mass is 32.1. The lowest BCUT2D eigenvalue weighted by atomic mass is 10.0. The van der Waals surface area contributed by atoms with Gasteiger partial charge in [0.1, 0.15) is 5.75 Å². The standard InChI is InChI=1S/C16H21NOS/c1-3-9-17-16(14-8-10-19-12-14)13-6-5-7-15(11-13)18-4-2/h5-8,10-12,16-17H,3-4,9H2,1-2H3. The Hall–Kier alpha value is -1.32. The molecule has 0 radical (unpaired) electrons. The third kappa shape index (κ3) is 3.82. The molecule has 1 atom stereocenters. The van der Waals surface area contributed by atoms with Crippen molar-refractivity contribution in [1.29, 1.82) is 0 Å². The maximum absolute atomic E-state index is 5.59. The minimum Gasteiger partial charge on any atom is -0.494 e. The SMILES string of the molecule is CCCNC(c1ccsc1)c1cccc(OCC)c1. The summed E-state index contributed by atoms with van der Waals surface area (Å²) in [5, 5.41) is 7.94. The molecular weight excluding hydrogens is 254 g/mol. The van der Waals surface area contributed by atoms with Gasteiger partial charge in [-0.25, -0.2) is 0 Å². The van der Waals surface area contributed by atoms with Gasteiger partial charge in [-0.15, -0.1) is 0 Å². The van der Waals surface area contributed by atoms with Crippen molar-refractivity contribution in [3.63, 3.8) is 0 Å². The van der Waals surface area contributed by atoms with Crippen LogP contribution in [0.25, 0.3) is 0 Å². The van der Waals surface area contributed by atoms with Crippen molar-refractivity contribution in [3.05, 3.63) is 52.2 Å². The number of hydrogen-bond acceptors (Lipinski definition) is 3. The van der Waals surface area contributed by atoms with Crippen LogP contribution in [0.3, 0.4) is 0 Å². The molecule has 19 heavy (non-hydrogen) atoms. The highest BCUT2D eigenvalue weighted by molar-refractivity contribution is 7.08. The monoisotopic (exact) mass is 275 g/mol. The lowest BCUT2D eigenvalue weighted by Crippen LogP contribution is -2.22. The van der Waals surface area contributed by atoms with Crippen molar-refractivity contribution >= 4 is 11.3 Å². The molecule has 0 amide bonds. The molecule has 2 rings (SSSR count). The van der Waals surface area contributed by atoms with E-state index in [4.69, 9.17) is 4.74 Å². The maximum atomic E-state index is 5.59. The summed E-state index contributed by atoms with van der Waals surface area (Å²) in [6, 6.07) is 10.8. The van der Waals surface area contributed by atoms with E-state index in [1.165, 1.54) is 11.1 Å². The summed E-state index contributed by atoms with van der Waals surface area (Å²) < 4.78 is 5.59. The predicted octanol–water partition coefficient (Wildman–Crippen LogP) is 4.24. The van der Waals surface area contributed by atoms with Crippen molar-refractivity contribution in [2.24, 2.45) is 0 Å². The van der Waals surface area contributed by atoms with Crippen LogP contribution >= 0.6 is 11.3 Å². The van der Waals surface area contributed by atoms with E-state index in [-0.39, 0.29) is 6.04 Å². The summed E-state index contributed by atoms with van der Waals surface area (Å²) in [7, 11) is 0. The first kappa shape index (κ1) is 14.1. The molecule has 0 bridgehead atoms. The van der Waals surface area contributed by atoms with Crippen LogP contribution in [0.2, 0.25) is 0 Å². The van der Waals surface area contributed by atoms with Gasteiger partial charge in [-0.3, -0.25) is 0 Å². The number of thiophene rings is 1. The van der Waals surface area contributed by atoms with Crippen LogP contribution in [0.1, 0.15) is 37.4 Å². The quantitative estimate of drug-likeness (QED) is 0.816. The average molecular weight is 275 g/mol. The summed E-state index contributed by atoms with van der Waals surface area (Å²) in [6.45, 7) is 5.92. The van der Waals surface area contributed by atoms with Gasteiger partial charge in [0.25, 0.3) is 0 Å². The van der Waals surface area contributed by atoms with E-state index >= 15 is 0 Å². The van der Waals surface area contributed by atoms with E-state index in [0.29, 0.717) is 6.61 Å². The van der Waals surface area contributed by atoms with Crippen molar-refractivity contribution in [3.8, 4) is 5.75 Å². The molecule has 0 fully saturated rings. The van der Waals surface area contributed by atoms with Crippen LogP contribution in [0.4, 0.5) is 0 Å². The summed E-state index contributed by atoms with van der Waals surface area (Å²) in [5.74, 6) is 0.943. The highest BCUT2D eigenvalue weighted by Gasteiger charge is 2.14. The van der Waals surface area contributed by atoms with E-state index in [1.54, 1.807) is 11.3 Å². The van der Waals surface area contributed by atoms with Gasteiger partial charge >= 0.3 is 0 Å². The van der Waals surface area contributed by atoms with Gasteiger partial charge in [-0.2, -0.15) is 11.3 Å². The molecule has 0 saturated heterocycles. The molecule has 0 saturated carbocycles. The molecule has 102 valence electrons. The second-order valence-corrected chi connectivity index (χ2v) is 5.23. The van der Waals surface area contributed by atoms with E-state index in [2.05, 4.69) is 47.3 Å². The van der Waals surface area contributed by atoms with Gasteiger partial charge in [-0.1, -0.05) is 19.1 Å². The molecule has 2 nitrogen and oxygen atoms in total. The van der Waals surface area contributed by atoms with Crippen LogP contribution in [0, 0.1) is 0 Å². The number of hydrogen-bond donors (Lipinski definition) is 1. The molecule has 2 aromatic rings. The molecule has 1 heterocycles. The fourth-order valence-corrected chi connectivity index (χ4v) is 2.79. The number of nitrogens with one attached hydrogen (secondary N) is 1.